The van der Waals surface area contributed by atoms with E-state index in [4.69, 9.17) is 5.73 Å². The number of carbonyl (C=O) groups is 1. The Morgan fingerprint density at radius 2 is 2.04 bits per heavy atom. The molecule has 3 aromatic rings. The summed E-state index contributed by atoms with van der Waals surface area (Å²) < 4.78 is 0. The number of amides is 1. The highest BCUT2D eigenvalue weighted by Gasteiger charge is 2.20. The van der Waals surface area contributed by atoms with Crippen molar-refractivity contribution in [2.75, 3.05) is 12.8 Å². The Kier molecular flexibility index (Phi) is 4.57. The summed E-state index contributed by atoms with van der Waals surface area (Å²) in [5.41, 5.74) is 9.18. The maximum absolute atomic E-state index is 12.7. The fraction of sp³-hybridized carbons (Fsp3) is 0.200. The summed E-state index contributed by atoms with van der Waals surface area (Å²) in [6.07, 6.45) is 3.48. The molecule has 0 saturated heterocycles. The maximum atomic E-state index is 12.7. The number of carbonyl (C=O) groups excluding carboxylic acids is 1. The quantitative estimate of drug-likeness (QED) is 0.713. The number of nitrogen functional groups attached to an aromatic ring is 1. The molecule has 0 radical (unpaired) electrons. The standard InChI is InChI=1S/C20H22N4O/c1-13(10-15-8-9-19(21)22-12-15)20(25)24(3)14(2)18-11-16-6-4-5-7-17(16)23-18/h4-12,14,23H,1-3H3,(H2,21,22)/b13-10+. The van der Waals surface area contributed by atoms with Gasteiger partial charge in [-0.05, 0) is 55.1 Å². The molecule has 3 N–H and O–H groups in total. The number of rotatable bonds is 4. The number of aromatic amines is 1. The van der Waals surface area contributed by atoms with Crippen molar-refractivity contribution < 1.29 is 4.79 Å². The molecule has 5 heteroatoms. The van der Waals surface area contributed by atoms with Crippen LogP contribution in [0.25, 0.3) is 17.0 Å². The number of hydrogen-bond acceptors (Lipinski definition) is 3. The van der Waals surface area contributed by atoms with E-state index in [9.17, 15) is 4.79 Å². The average Bonchev–Trinajstić information content (AvgIpc) is 3.05. The first-order chi connectivity index (χ1) is 12.0. The molecular weight excluding hydrogens is 312 g/mol. The van der Waals surface area contributed by atoms with E-state index < -0.39 is 0 Å². The number of H-pyrrole nitrogens is 1. The highest BCUT2D eigenvalue weighted by molar-refractivity contribution is 5.97. The van der Waals surface area contributed by atoms with Crippen molar-refractivity contribution >= 4 is 28.7 Å². The van der Waals surface area contributed by atoms with Crippen LogP contribution in [0, 0.1) is 0 Å². The topological polar surface area (TPSA) is 75.0 Å². The molecule has 0 saturated carbocycles. The number of nitrogens with one attached hydrogen (secondary N) is 1. The predicted octanol–water partition coefficient (Wildman–Crippen LogP) is 3.77. The number of fused-ring (bicyclic) bond motifs is 1. The summed E-state index contributed by atoms with van der Waals surface area (Å²) in [5, 5.41) is 1.14. The normalized spacial score (nSPS) is 13.0. The summed E-state index contributed by atoms with van der Waals surface area (Å²) in [7, 11) is 1.82. The number of hydrogen-bond donors (Lipinski definition) is 2. The Labute approximate surface area is 147 Å². The molecule has 0 aliphatic heterocycles. The SMILES string of the molecule is C/C(=C\c1ccc(N)nc1)C(=O)N(C)C(C)c1cc2ccccc2[nH]1. The summed E-state index contributed by atoms with van der Waals surface area (Å²) in [5.74, 6) is 0.439. The molecule has 0 bridgehead atoms. The van der Waals surface area contributed by atoms with Gasteiger partial charge in [0.2, 0.25) is 5.91 Å². The van der Waals surface area contributed by atoms with Crippen LogP contribution in [0.4, 0.5) is 5.82 Å². The van der Waals surface area contributed by atoms with Crippen molar-refractivity contribution in [1.82, 2.24) is 14.9 Å². The Hall–Kier alpha value is -3.08. The molecule has 3 rings (SSSR count). The van der Waals surface area contributed by atoms with E-state index in [1.165, 1.54) is 0 Å². The van der Waals surface area contributed by atoms with E-state index in [0.717, 1.165) is 22.2 Å². The van der Waals surface area contributed by atoms with Crippen molar-refractivity contribution in [1.29, 1.82) is 0 Å². The zero-order valence-electron chi connectivity index (χ0n) is 14.7. The highest BCUT2D eigenvalue weighted by atomic mass is 16.2. The lowest BCUT2D eigenvalue weighted by atomic mass is 10.1. The van der Waals surface area contributed by atoms with Gasteiger partial charge < -0.3 is 15.6 Å². The van der Waals surface area contributed by atoms with Crippen LogP contribution in [0.15, 0.2) is 54.2 Å². The van der Waals surface area contributed by atoms with Crippen LogP contribution < -0.4 is 5.73 Å². The molecule has 1 atom stereocenters. The van der Waals surface area contributed by atoms with Crippen LogP contribution >= 0.6 is 0 Å². The van der Waals surface area contributed by atoms with Crippen LogP contribution in [0.1, 0.15) is 31.1 Å². The minimum Gasteiger partial charge on any atom is -0.384 e. The van der Waals surface area contributed by atoms with Crippen LogP contribution in [0.3, 0.4) is 0 Å². The molecule has 1 unspecified atom stereocenters. The molecule has 2 heterocycles. The number of anilines is 1. The summed E-state index contributed by atoms with van der Waals surface area (Å²) in [6, 6.07) is 13.7. The van der Waals surface area contributed by atoms with Gasteiger partial charge >= 0.3 is 0 Å². The molecule has 25 heavy (non-hydrogen) atoms. The molecule has 128 valence electrons. The summed E-state index contributed by atoms with van der Waals surface area (Å²) in [4.78, 5) is 21.9. The second-order valence-corrected chi connectivity index (χ2v) is 6.25. The lowest BCUT2D eigenvalue weighted by Gasteiger charge is -2.24. The third-order valence-electron chi connectivity index (χ3n) is 4.43. The van der Waals surface area contributed by atoms with Crippen molar-refractivity contribution in [3.05, 3.63) is 65.5 Å². The van der Waals surface area contributed by atoms with Gasteiger partial charge in [0.05, 0.1) is 6.04 Å². The Balaban J connectivity index is 1.79. The van der Waals surface area contributed by atoms with E-state index in [1.54, 1.807) is 17.2 Å². The van der Waals surface area contributed by atoms with Gasteiger partial charge in [-0.25, -0.2) is 4.98 Å². The van der Waals surface area contributed by atoms with Gasteiger partial charge in [0, 0.05) is 30.0 Å². The zero-order valence-corrected chi connectivity index (χ0v) is 14.7. The fourth-order valence-corrected chi connectivity index (χ4v) is 2.80. The van der Waals surface area contributed by atoms with E-state index in [0.29, 0.717) is 11.4 Å². The minimum atomic E-state index is -0.0622. The van der Waals surface area contributed by atoms with Gasteiger partial charge in [-0.1, -0.05) is 18.2 Å². The monoisotopic (exact) mass is 334 g/mol. The lowest BCUT2D eigenvalue weighted by molar-refractivity contribution is -0.127. The molecular formula is C20H22N4O. The summed E-state index contributed by atoms with van der Waals surface area (Å²) >= 11 is 0. The Morgan fingerprint density at radius 1 is 1.28 bits per heavy atom. The van der Waals surface area contributed by atoms with E-state index in [-0.39, 0.29) is 11.9 Å². The molecule has 5 nitrogen and oxygen atoms in total. The lowest BCUT2D eigenvalue weighted by Crippen LogP contribution is -2.30. The fourth-order valence-electron chi connectivity index (χ4n) is 2.80. The van der Waals surface area contributed by atoms with Gasteiger partial charge in [-0.15, -0.1) is 0 Å². The minimum absolute atomic E-state index is 0.0250. The maximum Gasteiger partial charge on any atom is 0.249 e. The average molecular weight is 334 g/mol. The van der Waals surface area contributed by atoms with Crippen molar-refractivity contribution in [2.45, 2.75) is 19.9 Å². The number of nitrogens with zero attached hydrogens (tertiary/aromatic N) is 2. The molecule has 2 aromatic heterocycles. The van der Waals surface area contributed by atoms with Crippen LogP contribution in [-0.4, -0.2) is 27.8 Å². The number of para-hydroxylation sites is 1. The second-order valence-electron chi connectivity index (χ2n) is 6.25. The highest BCUT2D eigenvalue weighted by Crippen LogP contribution is 2.24. The third kappa shape index (κ3) is 3.55. The number of nitrogens with two attached hydrogens (primary N) is 1. The van der Waals surface area contributed by atoms with E-state index in [1.807, 2.05) is 51.2 Å². The summed E-state index contributed by atoms with van der Waals surface area (Å²) in [6.45, 7) is 3.83. The Bertz CT molecular complexity index is 891. The van der Waals surface area contributed by atoms with Crippen molar-refractivity contribution in [3.8, 4) is 0 Å². The number of likely N-dealkylation sites (N-methyl/N-ethyl adjacent to an activating group) is 1. The second kappa shape index (κ2) is 6.81. The number of benzene rings is 1. The number of aromatic nitrogens is 2. The van der Waals surface area contributed by atoms with Crippen LogP contribution in [0.2, 0.25) is 0 Å². The van der Waals surface area contributed by atoms with Crippen LogP contribution in [-0.2, 0) is 4.79 Å². The van der Waals surface area contributed by atoms with E-state index in [2.05, 4.69) is 22.1 Å². The molecule has 0 fully saturated rings. The first-order valence-electron chi connectivity index (χ1n) is 8.20. The van der Waals surface area contributed by atoms with E-state index >= 15 is 0 Å². The first kappa shape index (κ1) is 16.8. The third-order valence-corrected chi connectivity index (χ3v) is 4.43. The predicted molar refractivity (Wildman–Crippen MR) is 102 cm³/mol. The van der Waals surface area contributed by atoms with Crippen molar-refractivity contribution in [3.63, 3.8) is 0 Å². The Morgan fingerprint density at radius 3 is 2.72 bits per heavy atom. The molecule has 0 aliphatic carbocycles. The van der Waals surface area contributed by atoms with Gasteiger partial charge in [0.1, 0.15) is 5.82 Å². The first-order valence-corrected chi connectivity index (χ1v) is 8.20. The van der Waals surface area contributed by atoms with Crippen molar-refractivity contribution in [2.24, 2.45) is 0 Å². The number of pyridine rings is 1. The van der Waals surface area contributed by atoms with Gasteiger partial charge in [-0.3, -0.25) is 4.79 Å². The molecule has 0 aliphatic rings. The van der Waals surface area contributed by atoms with Crippen LogP contribution in [0.5, 0.6) is 0 Å². The molecule has 1 aromatic carbocycles. The zero-order chi connectivity index (χ0) is 18.0. The van der Waals surface area contributed by atoms with Gasteiger partial charge in [0.25, 0.3) is 0 Å². The largest absolute Gasteiger partial charge is 0.384 e. The molecule has 0 spiro atoms. The molecule has 1 amide bonds. The van der Waals surface area contributed by atoms with Gasteiger partial charge in [0.15, 0.2) is 0 Å². The van der Waals surface area contributed by atoms with Gasteiger partial charge in [-0.2, -0.15) is 0 Å². The smallest absolute Gasteiger partial charge is 0.249 e.